The van der Waals surface area contributed by atoms with Crippen LogP contribution in [-0.4, -0.2) is 7.64 Å². The van der Waals surface area contributed by atoms with Crippen molar-refractivity contribution in [2.24, 2.45) is 4.30 Å². The van der Waals surface area contributed by atoms with Crippen LogP contribution in [0.4, 0.5) is 0 Å². The summed E-state index contributed by atoms with van der Waals surface area (Å²) in [7, 11) is 4.34. The van der Waals surface area contributed by atoms with Crippen LogP contribution in [0, 0.1) is 55.4 Å². The van der Waals surface area contributed by atoms with E-state index in [0.717, 1.165) is 0 Å². The van der Waals surface area contributed by atoms with E-state index >= 15 is 0 Å². The van der Waals surface area contributed by atoms with Crippen molar-refractivity contribution in [3.05, 3.63) is 488 Å². The molecule has 0 unspecified atom stereocenters. The molecular weight excluding hydrogens is 1830 g/mol. The fourth-order valence-electron chi connectivity index (χ4n) is 25.6. The van der Waals surface area contributed by atoms with E-state index in [-0.39, 0.29) is 21.7 Å². The SMILES string of the molecule is Cc1ccc(C2(c3ccc(C)cc3)c3cc4c(cc3-c3sc(Br)cc32)C(C)(C)c2cc3c(cc2-4)C(C)(C)c2cc4c(cc2-3)C(c2ccc(C)cc2)(c2ccc(C)cc2)c2cc(Br)sc2-4)cc1.Cc1ccc(C2(c3ccc(C)cc3)c3cc4c(cc3-c3sccc32)C(C)(C)c2cc3c(cc2-4)C(C)(C)c2cc4c(cc2-3)C(c2ccc(C)cc2)(c2ccc(C)cc2)c2ccsc2-4)cc1.[B]=NS. The van der Waals surface area contributed by atoms with E-state index in [9.17, 15) is 0 Å². The molecule has 1 radical (unpaired) electrons. The molecule has 9 heteroatoms. The number of benzene rings is 14. The van der Waals surface area contributed by atoms with Gasteiger partial charge in [-0.05, 0) is 395 Å². The summed E-state index contributed by atoms with van der Waals surface area (Å²) in [6.07, 6.45) is 0. The zero-order valence-corrected chi connectivity index (χ0v) is 85.1. The van der Waals surface area contributed by atoms with Gasteiger partial charge in [-0.3, -0.25) is 0 Å². The Kier molecular flexibility index (Phi) is 19.0. The maximum atomic E-state index is 4.34. The number of hydrogen-bond acceptors (Lipinski definition) is 6. The van der Waals surface area contributed by atoms with E-state index in [2.05, 4.69) is 469 Å². The molecule has 8 aliphatic carbocycles. The van der Waals surface area contributed by atoms with Gasteiger partial charge >= 0.3 is 24.8 Å². The fourth-order valence-corrected chi connectivity index (χ4v) is 30.9. The zero-order valence-electron chi connectivity index (χ0n) is 77.7. The molecule has 133 heavy (non-hydrogen) atoms. The predicted molar refractivity (Wildman–Crippen MR) is 574 cm³/mol. The number of aryl methyl sites for hydroxylation is 8. The molecule has 0 aliphatic heterocycles. The summed E-state index contributed by atoms with van der Waals surface area (Å²) in [4.78, 5) is 5.53. The van der Waals surface area contributed by atoms with Gasteiger partial charge in [-0.25, -0.2) is 0 Å². The molecule has 0 saturated carbocycles. The van der Waals surface area contributed by atoms with Crippen LogP contribution in [0.15, 0.2) is 314 Å². The van der Waals surface area contributed by atoms with Gasteiger partial charge in [-0.15, -0.1) is 45.3 Å². The van der Waals surface area contributed by atoms with Crippen LogP contribution in [0.3, 0.4) is 0 Å². The Bertz CT molecular complexity index is 7370. The molecule has 18 aromatic rings. The van der Waals surface area contributed by atoms with Crippen LogP contribution >= 0.6 is 90.0 Å². The van der Waals surface area contributed by atoms with E-state index in [1.54, 1.807) is 0 Å². The molecular formula is C124H99BBr2NS5. The van der Waals surface area contributed by atoms with Crippen LogP contribution in [0.5, 0.6) is 0 Å². The van der Waals surface area contributed by atoms with Crippen LogP contribution in [0.2, 0.25) is 0 Å². The molecule has 0 atom stereocenters. The van der Waals surface area contributed by atoms with Crippen molar-refractivity contribution in [1.82, 2.24) is 0 Å². The summed E-state index contributed by atoms with van der Waals surface area (Å²) >= 11 is 18.7. The van der Waals surface area contributed by atoms with Crippen molar-refractivity contribution in [2.45, 2.75) is 154 Å². The average molecular weight is 1930 g/mol. The Morgan fingerprint density at radius 2 is 0.368 bits per heavy atom. The minimum atomic E-state index is -0.458. The quantitative estimate of drug-likeness (QED) is 0.115. The first-order valence-corrected chi connectivity index (χ1v) is 51.8. The molecule has 8 aliphatic rings. The van der Waals surface area contributed by atoms with E-state index in [1.165, 1.54) is 272 Å². The van der Waals surface area contributed by atoms with Crippen molar-refractivity contribution in [1.29, 1.82) is 0 Å². The van der Waals surface area contributed by atoms with Crippen LogP contribution < -0.4 is 0 Å². The number of fused-ring (bicyclic) bond motifs is 24. The van der Waals surface area contributed by atoms with Gasteiger partial charge in [0.05, 0.1) is 29.2 Å². The Morgan fingerprint density at radius 3 is 0.556 bits per heavy atom. The topological polar surface area (TPSA) is 12.4 Å². The fraction of sp³-hybridized carbons (Fsp3) is 0.194. The van der Waals surface area contributed by atoms with Gasteiger partial charge in [0.25, 0.3) is 0 Å². The molecule has 0 spiro atoms. The Balaban J connectivity index is 0.000000142. The van der Waals surface area contributed by atoms with Crippen LogP contribution in [0.25, 0.3) is 86.3 Å². The number of hydrogen-bond donors (Lipinski definition) is 1. The van der Waals surface area contributed by atoms with Gasteiger partial charge in [-0.1, -0.05) is 294 Å². The first-order valence-electron chi connectivity index (χ1n) is 46.4. The minimum absolute atomic E-state index is 0.188. The Morgan fingerprint density at radius 1 is 0.211 bits per heavy atom. The summed E-state index contributed by atoms with van der Waals surface area (Å²) in [5.74, 6) is 0. The molecule has 647 valence electrons. The molecule has 0 saturated heterocycles. The number of rotatable bonds is 8. The zero-order chi connectivity index (χ0) is 91.8. The number of nitrogens with zero attached hydrogens (tertiary/aromatic N) is 1. The average Bonchev–Trinajstić information content (AvgIpc) is 1.52. The molecule has 4 aromatic heterocycles. The monoisotopic (exact) mass is 1930 g/mol. The second-order valence-electron chi connectivity index (χ2n) is 41.1. The summed E-state index contributed by atoms with van der Waals surface area (Å²) in [6.45, 7) is 37.3. The van der Waals surface area contributed by atoms with Gasteiger partial charge < -0.3 is 0 Å². The Hall–Kier alpha value is -10.9. The third kappa shape index (κ3) is 11.6. The normalized spacial score (nSPS) is 16.3. The second-order valence-corrected chi connectivity index (χ2v) is 48.0. The molecule has 4 heterocycles. The van der Waals surface area contributed by atoms with E-state index in [1.807, 2.05) is 45.3 Å². The first kappa shape index (κ1) is 85.0. The summed E-state index contributed by atoms with van der Waals surface area (Å²) < 4.78 is 5.04. The molecule has 0 bridgehead atoms. The van der Waals surface area contributed by atoms with Crippen LogP contribution in [0.1, 0.15) is 233 Å². The summed E-state index contributed by atoms with van der Waals surface area (Å²) in [5, 5.41) is 4.62. The van der Waals surface area contributed by atoms with E-state index < -0.39 is 21.7 Å². The number of thiophene rings is 4. The summed E-state index contributed by atoms with van der Waals surface area (Å²) in [6, 6.07) is 116. The third-order valence-electron chi connectivity index (χ3n) is 32.3. The standard InChI is InChI=1S/C62H48Br2S2.C62H50S2.BHNS/c1-33-9-17-37(18-10-33)61(38-19-11-34(2)12-20-38)51-27-43-41-25-48-42(26-47(41)59(5,6)49(43)29-45(51)57-53(61)31-55(63)65-57)44-28-52-46(30-50(44)60(48,7)8)58-54(32-56(64)66-58)62(52,39-21-13-35(3)14-22-39)40-23-15-36(4)16-24-40;1-35-9-17-39(18-10-35)61(40-19-11-36(2)12-20-40)49-25-27-63-57(49)47-33-53-45(31-55(47)61)43-29-52-44(30-51(43)59(53,5)6)46-32-56-48(34-54(46)60(52,7)8)58-50(26-28-64-58)62(56,41-21-13-37(3)14-22-41)42-23-15-38(4)16-24-42;1-2-3/h9-32H,1-8H3;9-34H,1-8H3;3H. The van der Waals surface area contributed by atoms with Crippen molar-refractivity contribution in [2.75, 3.05) is 0 Å². The van der Waals surface area contributed by atoms with Gasteiger partial charge in [-0.2, -0.15) is 0 Å². The van der Waals surface area contributed by atoms with Crippen molar-refractivity contribution >= 4 is 97.7 Å². The second kappa shape index (κ2) is 29.8. The number of halogens is 2. The molecule has 0 fully saturated rings. The van der Waals surface area contributed by atoms with Crippen molar-refractivity contribution in [3.8, 4) is 86.3 Å². The molecule has 0 N–H and O–H groups in total. The van der Waals surface area contributed by atoms with E-state index in [0.29, 0.717) is 0 Å². The predicted octanol–water partition coefficient (Wildman–Crippen LogP) is 34.5. The number of thiol groups is 1. The summed E-state index contributed by atoms with van der Waals surface area (Å²) in [5.41, 5.74) is 57.3. The van der Waals surface area contributed by atoms with Crippen LogP contribution in [-0.2, 0) is 43.3 Å². The van der Waals surface area contributed by atoms with Crippen molar-refractivity contribution < 1.29 is 0 Å². The molecule has 14 aromatic carbocycles. The first-order chi connectivity index (χ1) is 63.9. The Labute approximate surface area is 822 Å². The van der Waals surface area contributed by atoms with Gasteiger partial charge in [0, 0.05) is 41.2 Å². The third-order valence-corrected chi connectivity index (χ3v) is 37.6. The molecule has 0 amide bonds. The maximum absolute atomic E-state index is 4.34. The van der Waals surface area contributed by atoms with E-state index in [4.69, 9.17) is 0 Å². The van der Waals surface area contributed by atoms with Gasteiger partial charge in [0.1, 0.15) is 0 Å². The van der Waals surface area contributed by atoms with Gasteiger partial charge in [0.15, 0.2) is 0 Å². The molecule has 26 rings (SSSR count). The van der Waals surface area contributed by atoms with Gasteiger partial charge in [0.2, 0.25) is 0 Å². The molecule has 1 nitrogen and oxygen atoms in total. The van der Waals surface area contributed by atoms with Crippen molar-refractivity contribution in [3.63, 3.8) is 0 Å².